The van der Waals surface area contributed by atoms with Gasteiger partial charge in [0.2, 0.25) is 10.0 Å². The van der Waals surface area contributed by atoms with Gasteiger partial charge in [0.1, 0.15) is 12.4 Å². The van der Waals surface area contributed by atoms with E-state index in [9.17, 15) is 18.5 Å². The third-order valence-electron chi connectivity index (χ3n) is 3.70. The molecule has 0 saturated heterocycles. The summed E-state index contributed by atoms with van der Waals surface area (Å²) in [6, 6.07) is 12.4. The van der Waals surface area contributed by atoms with Gasteiger partial charge in [0.25, 0.3) is 5.69 Å². The zero-order valence-corrected chi connectivity index (χ0v) is 15.7. The molecule has 0 fully saturated rings. The number of nitrogens with zero attached hydrogens (tertiary/aromatic N) is 1. The molecule has 0 heterocycles. The SMILES string of the molecule is CC(C)(C)c1ccccc1OCCNS(=O)(=O)c1ccc([N+](=O)[O-])cc1. The van der Waals surface area contributed by atoms with Gasteiger partial charge >= 0.3 is 0 Å². The fourth-order valence-corrected chi connectivity index (χ4v) is 3.39. The second-order valence-electron chi connectivity index (χ2n) is 6.74. The number of benzene rings is 2. The third-order valence-corrected chi connectivity index (χ3v) is 5.18. The van der Waals surface area contributed by atoms with Crippen LogP contribution in [0.4, 0.5) is 5.69 Å². The molecule has 0 aliphatic carbocycles. The summed E-state index contributed by atoms with van der Waals surface area (Å²) in [5.74, 6) is 0.717. The van der Waals surface area contributed by atoms with Crippen LogP contribution in [0.25, 0.3) is 0 Å². The number of nitrogens with one attached hydrogen (secondary N) is 1. The molecule has 2 aromatic carbocycles. The maximum atomic E-state index is 12.2. The van der Waals surface area contributed by atoms with Crippen molar-refractivity contribution in [2.24, 2.45) is 0 Å². The highest BCUT2D eigenvalue weighted by atomic mass is 32.2. The van der Waals surface area contributed by atoms with Gasteiger partial charge in [-0.1, -0.05) is 39.0 Å². The summed E-state index contributed by atoms with van der Waals surface area (Å²) in [7, 11) is -3.75. The van der Waals surface area contributed by atoms with Gasteiger partial charge in [-0.25, -0.2) is 13.1 Å². The van der Waals surface area contributed by atoms with E-state index in [4.69, 9.17) is 4.74 Å². The van der Waals surface area contributed by atoms with Crippen molar-refractivity contribution >= 4 is 15.7 Å². The number of hydrogen-bond acceptors (Lipinski definition) is 5. The first-order valence-corrected chi connectivity index (χ1v) is 9.56. The van der Waals surface area contributed by atoms with Gasteiger partial charge in [0.15, 0.2) is 0 Å². The number of ether oxygens (including phenoxy) is 1. The van der Waals surface area contributed by atoms with E-state index in [1.807, 2.05) is 24.3 Å². The zero-order chi connectivity index (χ0) is 19.4. The minimum absolute atomic E-state index is 0.0295. The van der Waals surface area contributed by atoms with E-state index in [0.29, 0.717) is 0 Å². The molecule has 2 rings (SSSR count). The summed E-state index contributed by atoms with van der Waals surface area (Å²) in [5, 5.41) is 10.6. The van der Waals surface area contributed by atoms with Crippen LogP contribution in [-0.4, -0.2) is 26.5 Å². The van der Waals surface area contributed by atoms with E-state index in [2.05, 4.69) is 25.5 Å². The lowest BCUT2D eigenvalue weighted by molar-refractivity contribution is -0.384. The van der Waals surface area contributed by atoms with Crippen molar-refractivity contribution in [3.05, 3.63) is 64.2 Å². The molecule has 0 aromatic heterocycles. The molecule has 0 amide bonds. The monoisotopic (exact) mass is 378 g/mol. The largest absolute Gasteiger partial charge is 0.492 e. The quantitative estimate of drug-likeness (QED) is 0.453. The van der Waals surface area contributed by atoms with Crippen molar-refractivity contribution in [2.75, 3.05) is 13.2 Å². The Morgan fingerprint density at radius 1 is 1.08 bits per heavy atom. The molecule has 1 N–H and O–H groups in total. The number of rotatable bonds is 7. The molecule has 0 atom stereocenters. The number of para-hydroxylation sites is 1. The highest BCUT2D eigenvalue weighted by Crippen LogP contribution is 2.30. The van der Waals surface area contributed by atoms with E-state index in [1.54, 1.807) is 0 Å². The van der Waals surface area contributed by atoms with Crippen molar-refractivity contribution < 1.29 is 18.1 Å². The van der Waals surface area contributed by atoms with Crippen LogP contribution in [0.2, 0.25) is 0 Å². The summed E-state index contributed by atoms with van der Waals surface area (Å²) in [5.41, 5.74) is 0.791. The third kappa shape index (κ3) is 5.03. The highest BCUT2D eigenvalue weighted by Gasteiger charge is 2.19. The van der Waals surface area contributed by atoms with Gasteiger partial charge in [-0.15, -0.1) is 0 Å². The van der Waals surface area contributed by atoms with Gasteiger partial charge in [-0.05, 0) is 29.2 Å². The Hall–Kier alpha value is -2.45. The Bertz CT molecular complexity index is 871. The van der Waals surface area contributed by atoms with Gasteiger partial charge in [0.05, 0.1) is 9.82 Å². The predicted octanol–water partition coefficient (Wildman–Crippen LogP) is 3.25. The van der Waals surface area contributed by atoms with Crippen LogP contribution < -0.4 is 9.46 Å². The molecule has 0 unspecified atom stereocenters. The number of nitro benzene ring substituents is 1. The first kappa shape index (κ1) is 19.9. The first-order valence-electron chi connectivity index (χ1n) is 8.08. The normalized spacial score (nSPS) is 12.0. The number of nitro groups is 1. The van der Waals surface area contributed by atoms with Crippen molar-refractivity contribution in [3.63, 3.8) is 0 Å². The standard InChI is InChI=1S/C18H22N2O5S/c1-18(2,3)16-6-4-5-7-17(16)25-13-12-19-26(23,24)15-10-8-14(9-11-15)20(21)22/h4-11,19H,12-13H2,1-3H3. The van der Waals surface area contributed by atoms with Gasteiger partial charge in [-0.2, -0.15) is 0 Å². The maximum Gasteiger partial charge on any atom is 0.269 e. The summed E-state index contributed by atoms with van der Waals surface area (Å²) in [4.78, 5) is 10.0. The van der Waals surface area contributed by atoms with E-state index in [1.165, 1.54) is 12.1 Å². The average Bonchev–Trinajstić information content (AvgIpc) is 2.58. The Morgan fingerprint density at radius 2 is 1.69 bits per heavy atom. The molecule has 0 spiro atoms. The highest BCUT2D eigenvalue weighted by molar-refractivity contribution is 7.89. The van der Waals surface area contributed by atoms with E-state index < -0.39 is 14.9 Å². The Balaban J connectivity index is 1.96. The lowest BCUT2D eigenvalue weighted by Crippen LogP contribution is -2.28. The summed E-state index contributed by atoms with van der Waals surface area (Å²) < 4.78 is 32.6. The van der Waals surface area contributed by atoms with Crippen LogP contribution in [-0.2, 0) is 15.4 Å². The zero-order valence-electron chi connectivity index (χ0n) is 14.9. The minimum Gasteiger partial charge on any atom is -0.492 e. The molecular weight excluding hydrogens is 356 g/mol. The number of sulfonamides is 1. The molecular formula is C18H22N2O5S. The smallest absolute Gasteiger partial charge is 0.269 e. The molecule has 0 aliphatic rings. The Morgan fingerprint density at radius 3 is 2.27 bits per heavy atom. The predicted molar refractivity (Wildman–Crippen MR) is 98.9 cm³/mol. The topological polar surface area (TPSA) is 98.5 Å². The van der Waals surface area contributed by atoms with Crippen LogP contribution in [0.15, 0.2) is 53.4 Å². The Labute approximate surface area is 153 Å². The van der Waals surface area contributed by atoms with Crippen molar-refractivity contribution in [1.82, 2.24) is 4.72 Å². The second-order valence-corrected chi connectivity index (χ2v) is 8.51. The summed E-state index contributed by atoms with van der Waals surface area (Å²) in [6.07, 6.45) is 0. The van der Waals surface area contributed by atoms with Gasteiger partial charge < -0.3 is 4.74 Å². The molecule has 8 heteroatoms. The van der Waals surface area contributed by atoms with E-state index >= 15 is 0 Å². The lowest BCUT2D eigenvalue weighted by Gasteiger charge is -2.22. The maximum absolute atomic E-state index is 12.2. The summed E-state index contributed by atoms with van der Waals surface area (Å²) >= 11 is 0. The van der Waals surface area contributed by atoms with Gasteiger partial charge in [0, 0.05) is 18.7 Å². The second kappa shape index (κ2) is 7.84. The summed E-state index contributed by atoms with van der Waals surface area (Å²) in [6.45, 7) is 6.47. The molecule has 0 saturated carbocycles. The van der Waals surface area contributed by atoms with Crippen LogP contribution in [0.1, 0.15) is 26.3 Å². The minimum atomic E-state index is -3.75. The van der Waals surface area contributed by atoms with Crippen LogP contribution in [0.5, 0.6) is 5.75 Å². The lowest BCUT2D eigenvalue weighted by atomic mass is 9.86. The molecule has 2 aromatic rings. The van der Waals surface area contributed by atoms with E-state index in [-0.39, 0.29) is 29.1 Å². The molecule has 0 aliphatic heterocycles. The van der Waals surface area contributed by atoms with Gasteiger partial charge in [-0.3, -0.25) is 10.1 Å². The average molecular weight is 378 g/mol. The van der Waals surface area contributed by atoms with Crippen LogP contribution in [0.3, 0.4) is 0 Å². The molecule has 7 nitrogen and oxygen atoms in total. The van der Waals surface area contributed by atoms with Crippen molar-refractivity contribution in [1.29, 1.82) is 0 Å². The van der Waals surface area contributed by atoms with Crippen LogP contribution >= 0.6 is 0 Å². The van der Waals surface area contributed by atoms with Crippen molar-refractivity contribution in [3.8, 4) is 5.75 Å². The Kier molecular flexibility index (Phi) is 5.99. The van der Waals surface area contributed by atoms with Crippen LogP contribution in [0, 0.1) is 10.1 Å². The van der Waals surface area contributed by atoms with E-state index in [0.717, 1.165) is 23.4 Å². The fourth-order valence-electron chi connectivity index (χ4n) is 2.38. The number of non-ortho nitro benzene ring substituents is 1. The molecule has 140 valence electrons. The number of hydrogen-bond donors (Lipinski definition) is 1. The molecule has 26 heavy (non-hydrogen) atoms. The molecule has 0 bridgehead atoms. The first-order chi connectivity index (χ1) is 12.1. The fraction of sp³-hybridized carbons (Fsp3) is 0.333. The van der Waals surface area contributed by atoms with Crippen molar-refractivity contribution in [2.45, 2.75) is 31.1 Å². The molecule has 0 radical (unpaired) electrons.